The molecule has 3 rings (SSSR count). The highest BCUT2D eigenvalue weighted by atomic mass is 79.9. The summed E-state index contributed by atoms with van der Waals surface area (Å²) in [6.07, 6.45) is 1.71. The Hall–Kier alpha value is -2.41. The highest BCUT2D eigenvalue weighted by molar-refractivity contribution is 9.10. The molecule has 2 heterocycles. The van der Waals surface area contributed by atoms with Gasteiger partial charge in [-0.3, -0.25) is 9.89 Å². The second-order valence-electron chi connectivity index (χ2n) is 4.51. The molecule has 21 heavy (non-hydrogen) atoms. The van der Waals surface area contributed by atoms with Crippen LogP contribution in [0.3, 0.4) is 0 Å². The highest BCUT2D eigenvalue weighted by Crippen LogP contribution is 2.20. The maximum Gasteiger partial charge on any atom is 0.272 e. The van der Waals surface area contributed by atoms with Gasteiger partial charge in [-0.25, -0.2) is 4.98 Å². The van der Waals surface area contributed by atoms with E-state index in [1.807, 2.05) is 31.2 Å². The average Bonchev–Trinajstić information content (AvgIpc) is 3.08. The minimum atomic E-state index is -0.205. The van der Waals surface area contributed by atoms with E-state index in [9.17, 15) is 4.79 Å². The molecule has 0 fully saturated rings. The normalized spacial score (nSPS) is 10.6. The Kier molecular flexibility index (Phi) is 3.57. The van der Waals surface area contributed by atoms with Gasteiger partial charge in [-0.2, -0.15) is 5.10 Å². The molecule has 0 radical (unpaired) electrons. The molecule has 0 spiro atoms. The first-order valence-corrected chi connectivity index (χ1v) is 7.06. The van der Waals surface area contributed by atoms with E-state index in [1.54, 1.807) is 12.3 Å². The van der Waals surface area contributed by atoms with Crippen molar-refractivity contribution < 1.29 is 4.79 Å². The van der Waals surface area contributed by atoms with Crippen molar-refractivity contribution in [2.45, 2.75) is 6.92 Å². The summed E-state index contributed by atoms with van der Waals surface area (Å²) in [6.45, 7) is 1.84. The van der Waals surface area contributed by atoms with Gasteiger partial charge in [0.15, 0.2) is 5.82 Å². The predicted molar refractivity (Wildman–Crippen MR) is 83.0 cm³/mol. The number of aromatic amines is 2. The molecule has 0 atom stereocenters. The number of aromatic nitrogens is 4. The predicted octanol–water partition coefficient (Wildman–Crippen LogP) is 3.12. The summed E-state index contributed by atoms with van der Waals surface area (Å²) in [5.41, 5.74) is 2.01. The Morgan fingerprint density at radius 3 is 2.86 bits per heavy atom. The average molecular weight is 346 g/mol. The molecular weight excluding hydrogens is 334 g/mol. The first kappa shape index (κ1) is 13.6. The number of H-pyrrole nitrogens is 2. The van der Waals surface area contributed by atoms with Gasteiger partial charge in [-0.15, -0.1) is 0 Å². The van der Waals surface area contributed by atoms with Gasteiger partial charge in [0.1, 0.15) is 11.5 Å². The smallest absolute Gasteiger partial charge is 0.272 e. The number of nitrogens with one attached hydrogen (secondary N) is 3. The minimum Gasteiger partial charge on any atom is -0.356 e. The summed E-state index contributed by atoms with van der Waals surface area (Å²) in [6, 6.07) is 9.11. The number of carbonyl (C=O) groups is 1. The summed E-state index contributed by atoms with van der Waals surface area (Å²) in [7, 11) is 0. The Labute approximate surface area is 129 Å². The van der Waals surface area contributed by atoms with Gasteiger partial charge in [0, 0.05) is 21.9 Å². The zero-order chi connectivity index (χ0) is 14.8. The highest BCUT2D eigenvalue weighted by Gasteiger charge is 2.10. The van der Waals surface area contributed by atoms with Crippen LogP contribution in [0.1, 0.15) is 16.3 Å². The number of amides is 1. The van der Waals surface area contributed by atoms with Gasteiger partial charge in [-0.05, 0) is 41.1 Å². The van der Waals surface area contributed by atoms with Crippen molar-refractivity contribution >= 4 is 27.5 Å². The summed E-state index contributed by atoms with van der Waals surface area (Å²) in [5, 5.41) is 9.74. The number of nitrogens with zero attached hydrogens (tertiary/aromatic N) is 2. The fourth-order valence-corrected chi connectivity index (χ4v) is 2.25. The summed E-state index contributed by atoms with van der Waals surface area (Å²) in [4.78, 5) is 19.2. The Morgan fingerprint density at radius 2 is 2.19 bits per heavy atom. The van der Waals surface area contributed by atoms with Gasteiger partial charge in [0.25, 0.3) is 5.91 Å². The van der Waals surface area contributed by atoms with E-state index in [-0.39, 0.29) is 5.91 Å². The Balaban J connectivity index is 1.82. The van der Waals surface area contributed by atoms with E-state index >= 15 is 0 Å². The molecule has 2 aromatic heterocycles. The van der Waals surface area contributed by atoms with Crippen LogP contribution in [0.5, 0.6) is 0 Å². The third-order valence-electron chi connectivity index (χ3n) is 2.87. The first-order chi connectivity index (χ1) is 10.1. The Bertz CT molecular complexity index is 792. The number of hydrogen-bond donors (Lipinski definition) is 3. The lowest BCUT2D eigenvalue weighted by Gasteiger charge is -2.05. The van der Waals surface area contributed by atoms with Gasteiger partial charge < -0.3 is 10.3 Å². The van der Waals surface area contributed by atoms with Crippen molar-refractivity contribution in [2.75, 3.05) is 5.32 Å². The molecule has 1 aromatic carbocycles. The molecule has 106 valence electrons. The molecule has 1 amide bonds. The van der Waals surface area contributed by atoms with Crippen molar-refractivity contribution in [3.05, 3.63) is 52.5 Å². The van der Waals surface area contributed by atoms with E-state index < -0.39 is 0 Å². The van der Waals surface area contributed by atoms with Crippen LogP contribution >= 0.6 is 15.9 Å². The van der Waals surface area contributed by atoms with E-state index in [2.05, 4.69) is 41.4 Å². The largest absolute Gasteiger partial charge is 0.356 e. The third-order valence-corrected chi connectivity index (χ3v) is 3.33. The van der Waals surface area contributed by atoms with Crippen LogP contribution in [-0.2, 0) is 0 Å². The molecule has 0 unspecified atom stereocenters. The van der Waals surface area contributed by atoms with Gasteiger partial charge in [0.05, 0.1) is 0 Å². The van der Waals surface area contributed by atoms with E-state index in [0.29, 0.717) is 17.2 Å². The van der Waals surface area contributed by atoms with Crippen LogP contribution in [0.15, 0.2) is 41.0 Å². The summed E-state index contributed by atoms with van der Waals surface area (Å²) >= 11 is 3.30. The fourth-order valence-electron chi connectivity index (χ4n) is 1.91. The Morgan fingerprint density at radius 1 is 1.33 bits per heavy atom. The number of aryl methyl sites for hydroxylation is 1. The van der Waals surface area contributed by atoms with Crippen LogP contribution in [-0.4, -0.2) is 26.1 Å². The fraction of sp³-hybridized carbons (Fsp3) is 0.0714. The number of benzene rings is 1. The van der Waals surface area contributed by atoms with E-state index in [1.165, 1.54) is 0 Å². The topological polar surface area (TPSA) is 86.5 Å². The van der Waals surface area contributed by atoms with Crippen molar-refractivity contribution in [1.82, 2.24) is 20.2 Å². The molecule has 0 saturated heterocycles. The lowest BCUT2D eigenvalue weighted by Crippen LogP contribution is -2.12. The molecule has 0 bridgehead atoms. The summed E-state index contributed by atoms with van der Waals surface area (Å²) < 4.78 is 0.831. The van der Waals surface area contributed by atoms with Gasteiger partial charge >= 0.3 is 0 Å². The van der Waals surface area contributed by atoms with E-state index in [4.69, 9.17) is 0 Å². The molecular formula is C14H12BrN5O. The monoisotopic (exact) mass is 345 g/mol. The van der Waals surface area contributed by atoms with Crippen molar-refractivity contribution in [1.29, 1.82) is 0 Å². The van der Waals surface area contributed by atoms with Crippen LogP contribution < -0.4 is 5.32 Å². The van der Waals surface area contributed by atoms with Crippen LogP contribution in [0.4, 0.5) is 5.69 Å². The second kappa shape index (κ2) is 5.53. The standard InChI is InChI=1S/C14H12BrN5O/c1-8-17-13(20-19-8)9-3-2-4-11(5-9)18-14(21)12-6-10(15)7-16-12/h2-7,16H,1H3,(H,18,21)(H,17,19,20). The SMILES string of the molecule is Cc1nc(-c2cccc(NC(=O)c3cc(Br)c[nH]3)c2)n[nH]1. The lowest BCUT2D eigenvalue weighted by atomic mass is 10.2. The molecule has 7 heteroatoms. The van der Waals surface area contributed by atoms with Crippen LogP contribution in [0.25, 0.3) is 11.4 Å². The number of anilines is 1. The maximum atomic E-state index is 12.1. The molecule has 0 aliphatic carbocycles. The number of carbonyl (C=O) groups excluding carboxylic acids is 1. The second-order valence-corrected chi connectivity index (χ2v) is 5.43. The van der Waals surface area contributed by atoms with Gasteiger partial charge in [0.2, 0.25) is 0 Å². The summed E-state index contributed by atoms with van der Waals surface area (Å²) in [5.74, 6) is 1.14. The zero-order valence-corrected chi connectivity index (χ0v) is 12.7. The molecule has 0 aliphatic rings. The minimum absolute atomic E-state index is 0.205. The molecule has 3 N–H and O–H groups in total. The lowest BCUT2D eigenvalue weighted by molar-refractivity contribution is 0.102. The van der Waals surface area contributed by atoms with Crippen molar-refractivity contribution in [2.24, 2.45) is 0 Å². The number of hydrogen-bond acceptors (Lipinski definition) is 3. The van der Waals surface area contributed by atoms with Crippen molar-refractivity contribution in [3.8, 4) is 11.4 Å². The molecule has 3 aromatic rings. The van der Waals surface area contributed by atoms with Crippen LogP contribution in [0.2, 0.25) is 0 Å². The molecule has 0 aliphatic heterocycles. The van der Waals surface area contributed by atoms with E-state index in [0.717, 1.165) is 15.9 Å². The number of halogens is 1. The quantitative estimate of drug-likeness (QED) is 0.681. The maximum absolute atomic E-state index is 12.1. The van der Waals surface area contributed by atoms with Crippen molar-refractivity contribution in [3.63, 3.8) is 0 Å². The zero-order valence-electron chi connectivity index (χ0n) is 11.1. The first-order valence-electron chi connectivity index (χ1n) is 6.26. The third kappa shape index (κ3) is 3.03. The number of rotatable bonds is 3. The molecule has 0 saturated carbocycles. The van der Waals surface area contributed by atoms with Crippen LogP contribution in [0, 0.1) is 6.92 Å². The molecule has 6 nitrogen and oxygen atoms in total. The van der Waals surface area contributed by atoms with Gasteiger partial charge in [-0.1, -0.05) is 12.1 Å².